The van der Waals surface area contributed by atoms with Gasteiger partial charge in [0, 0.05) is 12.8 Å². The lowest BCUT2D eigenvalue weighted by molar-refractivity contribution is 0.0897. The van der Waals surface area contributed by atoms with Crippen molar-refractivity contribution in [3.63, 3.8) is 0 Å². The normalized spacial score (nSPS) is 13.0. The lowest BCUT2D eigenvalue weighted by Crippen LogP contribution is -2.18. The predicted octanol–water partition coefficient (Wildman–Crippen LogP) is 2.90. The number of ether oxygens (including phenoxy) is 2. The number of carbonyl (C=O) groups excluding carboxylic acids is 2. The first-order valence-electron chi connectivity index (χ1n) is 6.74. The van der Waals surface area contributed by atoms with E-state index < -0.39 is 0 Å². The number of benzene rings is 1. The van der Waals surface area contributed by atoms with E-state index in [0.717, 1.165) is 0 Å². The van der Waals surface area contributed by atoms with Gasteiger partial charge in [0.25, 0.3) is 0 Å². The number of para-hydroxylation sites is 1. The Kier molecular flexibility index (Phi) is 3.73. The molecule has 0 bridgehead atoms. The third-order valence-corrected chi connectivity index (χ3v) is 3.24. The molecule has 1 aliphatic heterocycles. The fourth-order valence-electron chi connectivity index (χ4n) is 2.22. The van der Waals surface area contributed by atoms with Crippen molar-refractivity contribution in [3.8, 4) is 11.5 Å². The van der Waals surface area contributed by atoms with Gasteiger partial charge < -0.3 is 13.9 Å². The molecule has 5 nitrogen and oxygen atoms in total. The summed E-state index contributed by atoms with van der Waals surface area (Å²) in [5.74, 6) is 0.994. The zero-order valence-electron chi connectivity index (χ0n) is 11.3. The molecular weight excluding hydrogens is 272 g/mol. The van der Waals surface area contributed by atoms with Crippen LogP contribution in [0.5, 0.6) is 11.5 Å². The molecule has 2 heterocycles. The van der Waals surface area contributed by atoms with Crippen LogP contribution in [0.15, 0.2) is 41.0 Å². The molecule has 1 aromatic carbocycles. The van der Waals surface area contributed by atoms with Crippen molar-refractivity contribution in [2.45, 2.75) is 12.8 Å². The molecule has 1 aromatic heterocycles. The highest BCUT2D eigenvalue weighted by molar-refractivity contribution is 6.03. The highest BCUT2D eigenvalue weighted by atomic mass is 16.6. The fraction of sp³-hybridized carbons (Fsp3) is 0.250. The van der Waals surface area contributed by atoms with Crippen molar-refractivity contribution in [1.29, 1.82) is 0 Å². The lowest BCUT2D eigenvalue weighted by Gasteiger charge is -2.20. The van der Waals surface area contributed by atoms with Gasteiger partial charge in [0.2, 0.25) is 0 Å². The lowest BCUT2D eigenvalue weighted by atomic mass is 10.0. The van der Waals surface area contributed by atoms with E-state index in [-0.39, 0.29) is 30.2 Å². The van der Waals surface area contributed by atoms with Gasteiger partial charge >= 0.3 is 0 Å². The summed E-state index contributed by atoms with van der Waals surface area (Å²) in [4.78, 5) is 24.1. The molecule has 1 aliphatic rings. The van der Waals surface area contributed by atoms with Crippen LogP contribution < -0.4 is 9.47 Å². The van der Waals surface area contributed by atoms with Gasteiger partial charge in [0.1, 0.15) is 13.2 Å². The van der Waals surface area contributed by atoms with Crippen LogP contribution in [0.4, 0.5) is 0 Å². The molecule has 0 atom stereocenters. The number of carbonyl (C=O) groups is 2. The third-order valence-electron chi connectivity index (χ3n) is 3.24. The minimum absolute atomic E-state index is 0.108. The van der Waals surface area contributed by atoms with Crippen molar-refractivity contribution in [2.75, 3.05) is 13.2 Å². The molecule has 0 N–H and O–H groups in total. The molecule has 0 saturated heterocycles. The summed E-state index contributed by atoms with van der Waals surface area (Å²) >= 11 is 0. The van der Waals surface area contributed by atoms with Gasteiger partial charge in [-0.15, -0.1) is 0 Å². The Morgan fingerprint density at radius 2 is 1.76 bits per heavy atom. The summed E-state index contributed by atoms with van der Waals surface area (Å²) in [6.45, 7) is 0.893. The number of hydrogen-bond donors (Lipinski definition) is 0. The first-order chi connectivity index (χ1) is 10.3. The van der Waals surface area contributed by atoms with E-state index in [0.29, 0.717) is 30.3 Å². The maximum Gasteiger partial charge on any atom is 0.198 e. The number of ketones is 2. The molecule has 0 unspecified atom stereocenters. The molecule has 0 aliphatic carbocycles. The van der Waals surface area contributed by atoms with Crippen LogP contribution in [0, 0.1) is 0 Å². The smallest absolute Gasteiger partial charge is 0.198 e. The van der Waals surface area contributed by atoms with Crippen molar-refractivity contribution >= 4 is 11.6 Å². The van der Waals surface area contributed by atoms with Crippen molar-refractivity contribution < 1.29 is 23.5 Å². The maximum absolute atomic E-state index is 12.3. The Balaban J connectivity index is 1.70. The first kappa shape index (κ1) is 13.4. The van der Waals surface area contributed by atoms with Gasteiger partial charge in [-0.1, -0.05) is 6.07 Å². The Labute approximate surface area is 121 Å². The van der Waals surface area contributed by atoms with Gasteiger partial charge in [-0.3, -0.25) is 9.59 Å². The Bertz CT molecular complexity index is 657. The van der Waals surface area contributed by atoms with Crippen LogP contribution in [0.1, 0.15) is 33.8 Å². The van der Waals surface area contributed by atoms with E-state index in [1.165, 1.54) is 6.26 Å². The number of rotatable bonds is 5. The Morgan fingerprint density at radius 1 is 0.952 bits per heavy atom. The van der Waals surface area contributed by atoms with E-state index in [9.17, 15) is 9.59 Å². The van der Waals surface area contributed by atoms with Gasteiger partial charge in [-0.2, -0.15) is 0 Å². The highest BCUT2D eigenvalue weighted by Gasteiger charge is 2.21. The highest BCUT2D eigenvalue weighted by Crippen LogP contribution is 2.34. The quantitative estimate of drug-likeness (QED) is 0.791. The summed E-state index contributed by atoms with van der Waals surface area (Å²) in [6.07, 6.45) is 1.66. The molecule has 3 rings (SSSR count). The Hall–Kier alpha value is -2.56. The van der Waals surface area contributed by atoms with Crippen LogP contribution >= 0.6 is 0 Å². The van der Waals surface area contributed by atoms with Gasteiger partial charge in [-0.05, 0) is 24.3 Å². The summed E-state index contributed by atoms with van der Waals surface area (Å²) in [5, 5.41) is 0. The van der Waals surface area contributed by atoms with E-state index in [1.54, 1.807) is 30.3 Å². The van der Waals surface area contributed by atoms with Gasteiger partial charge in [0.05, 0.1) is 11.8 Å². The number of fused-ring (bicyclic) bond motifs is 1. The van der Waals surface area contributed by atoms with Gasteiger partial charge in [-0.25, -0.2) is 0 Å². The number of furan rings is 1. The van der Waals surface area contributed by atoms with Crippen molar-refractivity contribution in [1.82, 2.24) is 0 Å². The largest absolute Gasteiger partial charge is 0.486 e. The average molecular weight is 286 g/mol. The van der Waals surface area contributed by atoms with Crippen LogP contribution in [-0.2, 0) is 0 Å². The summed E-state index contributed by atoms with van der Waals surface area (Å²) in [5.41, 5.74) is 0.458. The zero-order valence-corrected chi connectivity index (χ0v) is 11.3. The zero-order chi connectivity index (χ0) is 14.7. The topological polar surface area (TPSA) is 65.7 Å². The van der Waals surface area contributed by atoms with E-state index in [2.05, 4.69) is 0 Å². The van der Waals surface area contributed by atoms with E-state index >= 15 is 0 Å². The first-order valence-corrected chi connectivity index (χ1v) is 6.74. The van der Waals surface area contributed by atoms with Crippen molar-refractivity contribution in [3.05, 3.63) is 47.9 Å². The third kappa shape index (κ3) is 2.81. The van der Waals surface area contributed by atoms with Crippen LogP contribution in [0.25, 0.3) is 0 Å². The minimum atomic E-state index is -0.185. The molecule has 0 saturated carbocycles. The standard InChI is InChI=1S/C16H14O5/c17-12(6-7-13(18)14-5-2-8-19-14)11-3-1-4-15-16(11)21-10-9-20-15/h1-5,8H,6-7,9-10H2. The fourth-order valence-corrected chi connectivity index (χ4v) is 2.22. The minimum Gasteiger partial charge on any atom is -0.486 e. The maximum atomic E-state index is 12.3. The molecule has 0 radical (unpaired) electrons. The van der Waals surface area contributed by atoms with E-state index in [4.69, 9.17) is 13.9 Å². The molecule has 5 heteroatoms. The molecule has 0 fully saturated rings. The van der Waals surface area contributed by atoms with Crippen LogP contribution in [0.3, 0.4) is 0 Å². The molecule has 108 valence electrons. The summed E-state index contributed by atoms with van der Waals surface area (Å²) in [7, 11) is 0. The second-order valence-corrected chi connectivity index (χ2v) is 4.65. The Morgan fingerprint density at radius 3 is 2.57 bits per heavy atom. The summed E-state index contributed by atoms with van der Waals surface area (Å²) < 4.78 is 16.0. The molecule has 0 amide bonds. The van der Waals surface area contributed by atoms with Crippen LogP contribution in [0.2, 0.25) is 0 Å². The number of hydrogen-bond acceptors (Lipinski definition) is 5. The average Bonchev–Trinajstić information content (AvgIpc) is 3.06. The molecular formula is C16H14O5. The van der Waals surface area contributed by atoms with E-state index in [1.807, 2.05) is 0 Å². The molecule has 0 spiro atoms. The molecule has 2 aromatic rings. The predicted molar refractivity (Wildman–Crippen MR) is 74.0 cm³/mol. The van der Waals surface area contributed by atoms with Gasteiger partial charge in [0.15, 0.2) is 28.8 Å². The SMILES string of the molecule is O=C(CCC(=O)c1cccc2c1OCCO2)c1ccco1. The number of Topliss-reactive ketones (excluding diaryl/α,β-unsaturated/α-hetero) is 2. The second kappa shape index (κ2) is 5.83. The second-order valence-electron chi connectivity index (χ2n) is 4.65. The van der Waals surface area contributed by atoms with Crippen LogP contribution in [-0.4, -0.2) is 24.8 Å². The van der Waals surface area contributed by atoms with Crippen molar-refractivity contribution in [2.24, 2.45) is 0 Å². The molecule has 21 heavy (non-hydrogen) atoms. The monoisotopic (exact) mass is 286 g/mol. The summed E-state index contributed by atoms with van der Waals surface area (Å²) in [6, 6.07) is 8.43.